The van der Waals surface area contributed by atoms with Gasteiger partial charge in [0.2, 0.25) is 0 Å². The summed E-state index contributed by atoms with van der Waals surface area (Å²) < 4.78 is 10.8. The molecule has 0 bridgehead atoms. The fraction of sp³-hybridized carbons (Fsp3) is 0.167. The van der Waals surface area contributed by atoms with Crippen molar-refractivity contribution in [1.29, 1.82) is 0 Å². The van der Waals surface area contributed by atoms with E-state index in [9.17, 15) is 4.79 Å². The second kappa shape index (κ2) is 13.2. The number of hydrogen-bond acceptors (Lipinski definition) is 4. The Kier molecular flexibility index (Phi) is 10.3. The maximum atomic E-state index is 12.0. The van der Waals surface area contributed by atoms with Crippen molar-refractivity contribution in [1.82, 2.24) is 10.6 Å². The normalized spacial score (nSPS) is 10.6. The van der Waals surface area contributed by atoms with Gasteiger partial charge in [-0.15, -0.1) is 24.0 Å². The number of nitrogens with zero attached hydrogens (tertiary/aromatic N) is 1. The zero-order valence-corrected chi connectivity index (χ0v) is 20.2. The number of halogens is 1. The number of carbonyl (C=O) groups excluding carboxylic acids is 1. The Balaban J connectivity index is 0.00000363. The molecule has 1 aromatic heterocycles. The fourth-order valence-corrected chi connectivity index (χ4v) is 2.83. The summed E-state index contributed by atoms with van der Waals surface area (Å²) in [6.07, 6.45) is 3.19. The molecule has 3 N–H and O–H groups in total. The molecule has 1 amide bonds. The predicted octanol–water partition coefficient (Wildman–Crippen LogP) is 4.58. The molecule has 0 atom stereocenters. The Bertz CT molecular complexity index is 1020. The molecule has 1 heterocycles. The fourth-order valence-electron chi connectivity index (χ4n) is 2.83. The third-order valence-corrected chi connectivity index (χ3v) is 4.42. The first kappa shape index (κ1) is 25.0. The van der Waals surface area contributed by atoms with Crippen molar-refractivity contribution in [2.75, 3.05) is 19.0 Å². The van der Waals surface area contributed by atoms with Gasteiger partial charge in [0.1, 0.15) is 12.4 Å². The highest BCUT2D eigenvalue weighted by atomic mass is 127. The highest BCUT2D eigenvalue weighted by Crippen LogP contribution is 2.17. The molecule has 3 rings (SSSR count). The first-order chi connectivity index (χ1) is 15.2. The molecule has 3 aromatic rings. The second-order valence-electron chi connectivity index (χ2n) is 6.62. The van der Waals surface area contributed by atoms with Crippen molar-refractivity contribution in [3.05, 3.63) is 96.5 Å². The Hall–Kier alpha value is -3.27. The molecule has 0 aliphatic carbocycles. The third kappa shape index (κ3) is 7.45. The lowest BCUT2D eigenvalue weighted by Gasteiger charge is -2.14. The zero-order chi connectivity index (χ0) is 21.9. The lowest BCUT2D eigenvalue weighted by molar-refractivity contribution is 0.0996. The summed E-state index contributed by atoms with van der Waals surface area (Å²) in [7, 11) is 1.72. The van der Waals surface area contributed by atoms with Crippen LogP contribution in [0.4, 0.5) is 5.69 Å². The second-order valence-corrected chi connectivity index (χ2v) is 6.62. The van der Waals surface area contributed by atoms with E-state index in [1.165, 1.54) is 6.26 Å². The number of ether oxygens (including phenoxy) is 1. The number of amides is 1. The number of furan rings is 1. The van der Waals surface area contributed by atoms with Crippen LogP contribution in [0.25, 0.3) is 0 Å². The number of anilines is 1. The van der Waals surface area contributed by atoms with Crippen LogP contribution in [-0.4, -0.2) is 25.5 Å². The van der Waals surface area contributed by atoms with E-state index < -0.39 is 0 Å². The third-order valence-electron chi connectivity index (χ3n) is 4.42. The van der Waals surface area contributed by atoms with Crippen molar-refractivity contribution >= 4 is 41.5 Å². The van der Waals surface area contributed by atoms with Crippen LogP contribution in [0.2, 0.25) is 0 Å². The van der Waals surface area contributed by atoms with Crippen LogP contribution in [0, 0.1) is 0 Å². The molecule has 0 spiro atoms. The number of benzene rings is 2. The summed E-state index contributed by atoms with van der Waals surface area (Å²) in [5.41, 5.74) is 2.78. The SMILES string of the molecule is C=CCOc1ccccc1CNC(=NC)NCc1ccc(NC(=O)c2ccco2)cc1.I. The van der Waals surface area contributed by atoms with Gasteiger partial charge in [-0.1, -0.05) is 43.0 Å². The number of rotatable bonds is 9. The minimum absolute atomic E-state index is 0. The van der Waals surface area contributed by atoms with Crippen LogP contribution in [0.15, 0.2) is 89.0 Å². The van der Waals surface area contributed by atoms with E-state index in [-0.39, 0.29) is 35.6 Å². The van der Waals surface area contributed by atoms with E-state index in [0.29, 0.717) is 31.3 Å². The predicted molar refractivity (Wildman–Crippen MR) is 138 cm³/mol. The number of guanidine groups is 1. The van der Waals surface area contributed by atoms with Gasteiger partial charge in [-0.25, -0.2) is 0 Å². The molecule has 0 saturated carbocycles. The van der Waals surface area contributed by atoms with E-state index in [0.717, 1.165) is 16.9 Å². The van der Waals surface area contributed by atoms with Gasteiger partial charge in [0.05, 0.1) is 6.26 Å². The number of nitrogens with one attached hydrogen (secondary N) is 3. The van der Waals surface area contributed by atoms with Gasteiger partial charge in [-0.3, -0.25) is 9.79 Å². The summed E-state index contributed by atoms with van der Waals surface area (Å²) in [6.45, 7) is 5.30. The summed E-state index contributed by atoms with van der Waals surface area (Å²) in [6, 6.07) is 18.7. The van der Waals surface area contributed by atoms with E-state index in [2.05, 4.69) is 27.5 Å². The molecule has 2 aromatic carbocycles. The molecule has 8 heteroatoms. The Morgan fingerprint density at radius 3 is 2.50 bits per heavy atom. The molecule has 7 nitrogen and oxygen atoms in total. The topological polar surface area (TPSA) is 87.9 Å². The number of para-hydroxylation sites is 1. The quantitative estimate of drug-likeness (QED) is 0.158. The minimum atomic E-state index is -0.280. The van der Waals surface area contributed by atoms with Crippen LogP contribution >= 0.6 is 24.0 Å². The molecule has 0 fully saturated rings. The maximum Gasteiger partial charge on any atom is 0.291 e. The molecule has 0 unspecified atom stereocenters. The lowest BCUT2D eigenvalue weighted by Crippen LogP contribution is -2.36. The Morgan fingerprint density at radius 2 is 1.81 bits per heavy atom. The molecule has 0 saturated heterocycles. The highest BCUT2D eigenvalue weighted by molar-refractivity contribution is 14.0. The summed E-state index contributed by atoms with van der Waals surface area (Å²) >= 11 is 0. The Labute approximate surface area is 205 Å². The van der Waals surface area contributed by atoms with Crippen LogP contribution < -0.4 is 20.7 Å². The first-order valence-corrected chi connectivity index (χ1v) is 9.89. The highest BCUT2D eigenvalue weighted by Gasteiger charge is 2.08. The first-order valence-electron chi connectivity index (χ1n) is 9.89. The van der Waals surface area contributed by atoms with Gasteiger partial charge in [-0.05, 0) is 35.9 Å². The average molecular weight is 546 g/mol. The van der Waals surface area contributed by atoms with Crippen LogP contribution in [0.3, 0.4) is 0 Å². The molecule has 0 radical (unpaired) electrons. The van der Waals surface area contributed by atoms with Gasteiger partial charge < -0.3 is 25.1 Å². The van der Waals surface area contributed by atoms with Gasteiger partial charge in [0.25, 0.3) is 5.91 Å². The standard InChI is InChI=1S/C24H26N4O3.HI/c1-3-14-30-21-8-5-4-7-19(21)17-27-24(25-2)26-16-18-10-12-20(13-11-18)28-23(29)22-9-6-15-31-22;/h3-13,15H,1,14,16-17H2,2H3,(H,28,29)(H2,25,26,27);1H. The van der Waals surface area contributed by atoms with E-state index in [1.807, 2.05) is 48.5 Å². The van der Waals surface area contributed by atoms with E-state index in [4.69, 9.17) is 9.15 Å². The Morgan fingerprint density at radius 1 is 1.06 bits per heavy atom. The van der Waals surface area contributed by atoms with Crippen molar-refractivity contribution < 1.29 is 13.9 Å². The van der Waals surface area contributed by atoms with Gasteiger partial charge >= 0.3 is 0 Å². The van der Waals surface area contributed by atoms with Crippen LogP contribution in [0.1, 0.15) is 21.7 Å². The van der Waals surface area contributed by atoms with Crippen LogP contribution in [0.5, 0.6) is 5.75 Å². The summed E-state index contributed by atoms with van der Waals surface area (Å²) in [4.78, 5) is 16.3. The molecular weight excluding hydrogens is 519 g/mol. The molecule has 0 aliphatic heterocycles. The molecule has 32 heavy (non-hydrogen) atoms. The molecule has 168 valence electrons. The van der Waals surface area contributed by atoms with E-state index in [1.54, 1.807) is 25.3 Å². The lowest BCUT2D eigenvalue weighted by atomic mass is 10.2. The number of aliphatic imine (C=N–C) groups is 1. The van der Waals surface area contributed by atoms with Gasteiger partial charge in [-0.2, -0.15) is 0 Å². The summed E-state index contributed by atoms with van der Waals surface area (Å²) in [5, 5.41) is 9.37. The number of carbonyl (C=O) groups is 1. The van der Waals surface area contributed by atoms with E-state index >= 15 is 0 Å². The smallest absolute Gasteiger partial charge is 0.291 e. The minimum Gasteiger partial charge on any atom is -0.489 e. The van der Waals surface area contributed by atoms with Crippen LogP contribution in [-0.2, 0) is 13.1 Å². The summed E-state index contributed by atoms with van der Waals surface area (Å²) in [5.74, 6) is 1.49. The largest absolute Gasteiger partial charge is 0.489 e. The monoisotopic (exact) mass is 546 g/mol. The van der Waals surface area contributed by atoms with Crippen molar-refractivity contribution in [2.45, 2.75) is 13.1 Å². The van der Waals surface area contributed by atoms with Crippen molar-refractivity contribution in [2.24, 2.45) is 4.99 Å². The van der Waals surface area contributed by atoms with Crippen molar-refractivity contribution in [3.8, 4) is 5.75 Å². The zero-order valence-electron chi connectivity index (χ0n) is 17.8. The van der Waals surface area contributed by atoms with Gasteiger partial charge in [0, 0.05) is 31.4 Å². The molecule has 0 aliphatic rings. The molecular formula is C24H27IN4O3. The maximum absolute atomic E-state index is 12.0. The van der Waals surface area contributed by atoms with Crippen molar-refractivity contribution in [3.63, 3.8) is 0 Å². The average Bonchev–Trinajstić information content (AvgIpc) is 3.35. The number of hydrogen-bond donors (Lipinski definition) is 3. The van der Waals surface area contributed by atoms with Gasteiger partial charge in [0.15, 0.2) is 11.7 Å².